The van der Waals surface area contributed by atoms with E-state index >= 15 is 0 Å². The van der Waals surface area contributed by atoms with E-state index in [2.05, 4.69) is 9.97 Å². The van der Waals surface area contributed by atoms with Crippen LogP contribution in [0.5, 0.6) is 0 Å². The highest BCUT2D eigenvalue weighted by Gasteiger charge is 2.29. The van der Waals surface area contributed by atoms with E-state index in [1.165, 1.54) is 7.11 Å². The molecule has 0 radical (unpaired) electrons. The third-order valence-electron chi connectivity index (χ3n) is 3.85. The Balaban J connectivity index is 1.92. The lowest BCUT2D eigenvalue weighted by molar-refractivity contribution is -0.150. The van der Waals surface area contributed by atoms with Crippen molar-refractivity contribution in [3.05, 3.63) is 60.7 Å². The summed E-state index contributed by atoms with van der Waals surface area (Å²) < 4.78 is 6.72. The minimum absolute atomic E-state index is 0.274. The highest BCUT2D eigenvalue weighted by atomic mass is 16.5. The second-order valence-electron chi connectivity index (χ2n) is 5.24. The van der Waals surface area contributed by atoms with Crippen molar-refractivity contribution >= 4 is 17.0 Å². The monoisotopic (exact) mass is 311 g/mol. The Labute approximate surface area is 133 Å². The number of hydrogen-bond acceptors (Lipinski definition) is 5. The lowest BCUT2D eigenvalue weighted by atomic mass is 9.96. The van der Waals surface area contributed by atoms with Crippen LogP contribution in [0.2, 0.25) is 0 Å². The van der Waals surface area contributed by atoms with Gasteiger partial charge in [0.15, 0.2) is 0 Å². The highest BCUT2D eigenvalue weighted by Crippen LogP contribution is 2.25. The van der Waals surface area contributed by atoms with Crippen molar-refractivity contribution in [3.8, 4) is 0 Å². The van der Waals surface area contributed by atoms with Gasteiger partial charge in [-0.05, 0) is 29.8 Å². The van der Waals surface area contributed by atoms with Gasteiger partial charge in [0.05, 0.1) is 30.6 Å². The third-order valence-corrected chi connectivity index (χ3v) is 3.85. The van der Waals surface area contributed by atoms with Gasteiger partial charge < -0.3 is 14.4 Å². The number of benzene rings is 1. The number of carbonyl (C=O) groups is 1. The topological polar surface area (TPSA) is 77.2 Å². The number of ether oxygens (including phenoxy) is 1. The molecule has 6 heteroatoms. The number of esters is 1. The summed E-state index contributed by atoms with van der Waals surface area (Å²) in [5, 5.41) is 10.6. The molecule has 3 aromatic rings. The number of para-hydroxylation sites is 2. The predicted molar refractivity (Wildman–Crippen MR) is 84.4 cm³/mol. The van der Waals surface area contributed by atoms with E-state index in [-0.39, 0.29) is 6.54 Å². The van der Waals surface area contributed by atoms with Gasteiger partial charge in [0.25, 0.3) is 0 Å². The Morgan fingerprint density at radius 1 is 1.26 bits per heavy atom. The fourth-order valence-corrected chi connectivity index (χ4v) is 2.62. The first kappa shape index (κ1) is 15.2. The van der Waals surface area contributed by atoms with E-state index in [9.17, 15) is 9.90 Å². The van der Waals surface area contributed by atoms with Gasteiger partial charge in [-0.3, -0.25) is 9.78 Å². The first-order valence-electron chi connectivity index (χ1n) is 7.26. The summed E-state index contributed by atoms with van der Waals surface area (Å²) in [4.78, 5) is 20.4. The molecule has 2 heterocycles. The molecule has 2 atom stereocenters. The number of aliphatic hydroxyl groups is 1. The van der Waals surface area contributed by atoms with Crippen LogP contribution in [-0.4, -0.2) is 32.7 Å². The maximum absolute atomic E-state index is 12.2. The molecule has 1 N–H and O–H groups in total. The van der Waals surface area contributed by atoms with E-state index < -0.39 is 18.0 Å². The van der Waals surface area contributed by atoms with Crippen LogP contribution in [0.25, 0.3) is 11.0 Å². The quantitative estimate of drug-likeness (QED) is 0.729. The molecule has 0 bridgehead atoms. The van der Waals surface area contributed by atoms with E-state index in [1.54, 1.807) is 30.9 Å². The van der Waals surface area contributed by atoms with Crippen molar-refractivity contribution in [2.24, 2.45) is 5.92 Å². The van der Waals surface area contributed by atoms with Crippen molar-refractivity contribution in [1.82, 2.24) is 14.5 Å². The molecule has 3 rings (SSSR count). The van der Waals surface area contributed by atoms with Crippen LogP contribution in [0.1, 0.15) is 11.7 Å². The lowest BCUT2D eigenvalue weighted by Crippen LogP contribution is -2.28. The van der Waals surface area contributed by atoms with Crippen molar-refractivity contribution in [2.75, 3.05) is 7.11 Å². The van der Waals surface area contributed by atoms with Crippen molar-refractivity contribution in [2.45, 2.75) is 12.6 Å². The second-order valence-corrected chi connectivity index (χ2v) is 5.24. The number of rotatable bonds is 5. The number of aromatic nitrogens is 3. The summed E-state index contributed by atoms with van der Waals surface area (Å²) in [5.74, 6) is -1.20. The molecule has 1 aromatic carbocycles. The number of pyridine rings is 1. The summed E-state index contributed by atoms with van der Waals surface area (Å²) in [7, 11) is 1.32. The number of carbonyl (C=O) groups excluding carboxylic acids is 1. The lowest BCUT2D eigenvalue weighted by Gasteiger charge is -2.21. The fourth-order valence-electron chi connectivity index (χ4n) is 2.62. The van der Waals surface area contributed by atoms with Crippen molar-refractivity contribution in [3.63, 3.8) is 0 Å². The van der Waals surface area contributed by atoms with Gasteiger partial charge in [0.1, 0.15) is 5.92 Å². The molecule has 0 fully saturated rings. The zero-order valence-electron chi connectivity index (χ0n) is 12.7. The normalized spacial score (nSPS) is 13.7. The van der Waals surface area contributed by atoms with Gasteiger partial charge in [0, 0.05) is 18.9 Å². The molecule has 0 unspecified atom stereocenters. The summed E-state index contributed by atoms with van der Waals surface area (Å²) in [6.07, 6.45) is 3.85. The molecule has 0 saturated carbocycles. The number of methoxy groups -OCH3 is 1. The number of imidazole rings is 1. The molecule has 6 nitrogen and oxygen atoms in total. The number of nitrogens with zero attached hydrogens (tertiary/aromatic N) is 3. The van der Waals surface area contributed by atoms with Gasteiger partial charge in [-0.25, -0.2) is 4.98 Å². The average Bonchev–Trinajstić information content (AvgIpc) is 3.02. The smallest absolute Gasteiger partial charge is 0.313 e. The zero-order chi connectivity index (χ0) is 16.2. The first-order valence-corrected chi connectivity index (χ1v) is 7.26. The summed E-state index contributed by atoms with van der Waals surface area (Å²) in [6.45, 7) is 0.274. The first-order chi connectivity index (χ1) is 11.2. The molecule has 0 spiro atoms. The molecule has 0 aliphatic rings. The number of hydrogen-bond donors (Lipinski definition) is 1. The third kappa shape index (κ3) is 3.07. The van der Waals surface area contributed by atoms with Gasteiger partial charge in [0.2, 0.25) is 0 Å². The summed E-state index contributed by atoms with van der Waals surface area (Å²) >= 11 is 0. The molecule has 0 saturated heterocycles. The van der Waals surface area contributed by atoms with Crippen LogP contribution in [0, 0.1) is 5.92 Å². The Kier molecular flexibility index (Phi) is 4.34. The van der Waals surface area contributed by atoms with E-state index in [1.807, 2.05) is 28.8 Å². The van der Waals surface area contributed by atoms with Crippen molar-refractivity contribution < 1.29 is 14.6 Å². The molecule has 118 valence electrons. The molecule has 0 amide bonds. The summed E-state index contributed by atoms with van der Waals surface area (Å²) in [5.41, 5.74) is 2.37. The molecular formula is C17H17N3O3. The Bertz CT molecular complexity index is 801. The standard InChI is InChI=1S/C17H17N3O3/c1-23-17(22)13(16(21)12-6-8-18-9-7-12)10-20-11-19-14-4-2-3-5-15(14)20/h2-9,11,13,16,21H,10H2,1H3/t13-,16-/m0/s1. The van der Waals surface area contributed by atoms with E-state index in [0.29, 0.717) is 5.56 Å². The maximum Gasteiger partial charge on any atom is 0.313 e. The molecular weight excluding hydrogens is 294 g/mol. The van der Waals surface area contributed by atoms with Crippen LogP contribution in [0.3, 0.4) is 0 Å². The number of fused-ring (bicyclic) bond motifs is 1. The SMILES string of the molecule is COC(=O)[C@@H](Cn1cnc2ccccc21)[C@@H](O)c1ccncc1. The van der Waals surface area contributed by atoms with Gasteiger partial charge in [-0.2, -0.15) is 0 Å². The largest absolute Gasteiger partial charge is 0.469 e. The van der Waals surface area contributed by atoms with Gasteiger partial charge in [-0.1, -0.05) is 12.1 Å². The zero-order valence-corrected chi connectivity index (χ0v) is 12.7. The maximum atomic E-state index is 12.2. The van der Waals surface area contributed by atoms with Crippen LogP contribution < -0.4 is 0 Å². The molecule has 0 aliphatic carbocycles. The molecule has 0 aliphatic heterocycles. The fraction of sp³-hybridized carbons (Fsp3) is 0.235. The van der Waals surface area contributed by atoms with Crippen LogP contribution >= 0.6 is 0 Å². The minimum atomic E-state index is -0.980. The van der Waals surface area contributed by atoms with Crippen LogP contribution in [0.15, 0.2) is 55.1 Å². The Morgan fingerprint density at radius 2 is 2.00 bits per heavy atom. The van der Waals surface area contributed by atoms with Gasteiger partial charge in [-0.15, -0.1) is 0 Å². The Hall–Kier alpha value is -2.73. The average molecular weight is 311 g/mol. The molecule has 2 aromatic heterocycles. The van der Waals surface area contributed by atoms with Crippen molar-refractivity contribution in [1.29, 1.82) is 0 Å². The van der Waals surface area contributed by atoms with Gasteiger partial charge >= 0.3 is 5.97 Å². The van der Waals surface area contributed by atoms with Crippen LogP contribution in [0.4, 0.5) is 0 Å². The predicted octanol–water partition coefficient (Wildman–Crippen LogP) is 1.95. The summed E-state index contributed by atoms with van der Waals surface area (Å²) in [6, 6.07) is 11.0. The number of aliphatic hydroxyl groups excluding tert-OH is 1. The van der Waals surface area contributed by atoms with Crippen LogP contribution in [-0.2, 0) is 16.1 Å². The Morgan fingerprint density at radius 3 is 2.74 bits per heavy atom. The van der Waals surface area contributed by atoms with E-state index in [0.717, 1.165) is 11.0 Å². The van der Waals surface area contributed by atoms with E-state index in [4.69, 9.17) is 4.74 Å². The highest BCUT2D eigenvalue weighted by molar-refractivity contribution is 5.76. The second kappa shape index (κ2) is 6.58. The molecule has 23 heavy (non-hydrogen) atoms. The minimum Gasteiger partial charge on any atom is -0.469 e.